The van der Waals surface area contributed by atoms with Crippen molar-refractivity contribution >= 4 is 46.1 Å². The largest absolute Gasteiger partial charge is 0.545 e. The number of anilines is 1. The molecule has 0 unspecified atom stereocenters. The highest BCUT2D eigenvalue weighted by atomic mass is 32.2. The number of nitrogens with zero attached hydrogens (tertiary/aromatic N) is 1. The van der Waals surface area contributed by atoms with Gasteiger partial charge in [-0.15, -0.1) is 0 Å². The van der Waals surface area contributed by atoms with E-state index in [1.54, 1.807) is 6.07 Å². The number of hydrogen-bond acceptors (Lipinski definition) is 6. The fourth-order valence-corrected chi connectivity index (χ4v) is 3.30. The number of carbonyl (C=O) groups excluding carboxylic acids is 3. The molecule has 1 aliphatic rings. The van der Waals surface area contributed by atoms with Gasteiger partial charge in [0.15, 0.2) is 5.17 Å². The van der Waals surface area contributed by atoms with E-state index in [9.17, 15) is 19.5 Å². The number of aromatic carboxylic acids is 1. The second kappa shape index (κ2) is 7.83. The molecule has 0 aromatic heterocycles. The summed E-state index contributed by atoms with van der Waals surface area (Å²) >= 11 is 1.18. The molecule has 0 spiro atoms. The summed E-state index contributed by atoms with van der Waals surface area (Å²) in [6.45, 7) is 0. The Hall–Kier alpha value is -3.13. The number of amides is 2. The maximum atomic E-state index is 12.2. The quantitative estimate of drug-likeness (QED) is 0.826. The van der Waals surface area contributed by atoms with Crippen molar-refractivity contribution in [2.75, 3.05) is 5.32 Å². The van der Waals surface area contributed by atoms with Crippen LogP contribution in [0.5, 0.6) is 0 Å². The van der Waals surface area contributed by atoms with Crippen LogP contribution in [0.4, 0.5) is 11.4 Å². The van der Waals surface area contributed by atoms with E-state index in [4.69, 9.17) is 0 Å². The molecule has 1 fully saturated rings. The van der Waals surface area contributed by atoms with Crippen LogP contribution < -0.4 is 15.7 Å². The van der Waals surface area contributed by atoms with Crippen molar-refractivity contribution in [3.8, 4) is 0 Å². The number of nitrogens with one attached hydrogen (secondary N) is 2. The van der Waals surface area contributed by atoms with Crippen LogP contribution in [0.3, 0.4) is 0 Å². The highest BCUT2D eigenvalue weighted by molar-refractivity contribution is 8.15. The van der Waals surface area contributed by atoms with E-state index in [1.807, 2.05) is 30.3 Å². The van der Waals surface area contributed by atoms with Crippen molar-refractivity contribution in [2.24, 2.45) is 4.99 Å². The average Bonchev–Trinajstić information content (AvgIpc) is 2.95. The molecule has 7 nitrogen and oxygen atoms in total. The van der Waals surface area contributed by atoms with Crippen molar-refractivity contribution in [3.05, 3.63) is 60.2 Å². The SMILES string of the molecule is O=C(C[C@H]1SC(=Nc2ccccc2)NC1=O)Nc1cccc(C(=O)[O-])c1. The Bertz CT molecular complexity index is 883. The molecule has 2 aromatic rings. The lowest BCUT2D eigenvalue weighted by molar-refractivity contribution is -0.255. The summed E-state index contributed by atoms with van der Waals surface area (Å²) in [6, 6.07) is 14.9. The summed E-state index contributed by atoms with van der Waals surface area (Å²) in [7, 11) is 0. The molecule has 3 rings (SSSR count). The molecule has 0 radical (unpaired) electrons. The summed E-state index contributed by atoms with van der Waals surface area (Å²) in [6.07, 6.45) is -0.0557. The number of hydrogen-bond donors (Lipinski definition) is 2. The van der Waals surface area contributed by atoms with Gasteiger partial charge in [0.2, 0.25) is 11.8 Å². The minimum Gasteiger partial charge on any atom is -0.545 e. The van der Waals surface area contributed by atoms with Crippen molar-refractivity contribution < 1.29 is 19.5 Å². The van der Waals surface area contributed by atoms with Crippen molar-refractivity contribution in [3.63, 3.8) is 0 Å². The monoisotopic (exact) mass is 368 g/mol. The Morgan fingerprint density at radius 3 is 2.65 bits per heavy atom. The van der Waals surface area contributed by atoms with Crippen LogP contribution in [-0.4, -0.2) is 28.2 Å². The number of benzene rings is 2. The van der Waals surface area contributed by atoms with Gasteiger partial charge in [0.25, 0.3) is 0 Å². The predicted octanol–water partition coefficient (Wildman–Crippen LogP) is 1.30. The molecule has 2 amide bonds. The summed E-state index contributed by atoms with van der Waals surface area (Å²) < 4.78 is 0. The Kier molecular flexibility index (Phi) is 5.33. The number of carboxylic acid groups (broad SMARTS) is 1. The van der Waals surface area contributed by atoms with E-state index in [0.29, 0.717) is 16.5 Å². The third kappa shape index (κ3) is 4.48. The normalized spacial score (nSPS) is 17.8. The minimum atomic E-state index is -1.33. The number of aliphatic imine (C=N–C) groups is 1. The van der Waals surface area contributed by atoms with Gasteiger partial charge in [0.1, 0.15) is 5.25 Å². The third-order valence-corrected chi connectivity index (χ3v) is 4.60. The lowest BCUT2D eigenvalue weighted by Gasteiger charge is -2.09. The molecule has 26 heavy (non-hydrogen) atoms. The zero-order chi connectivity index (χ0) is 18.5. The first-order chi connectivity index (χ1) is 12.5. The fourth-order valence-electron chi connectivity index (χ4n) is 2.32. The summed E-state index contributed by atoms with van der Waals surface area (Å²) in [5.74, 6) is -2.01. The topological polar surface area (TPSA) is 111 Å². The minimum absolute atomic E-state index is 0.0342. The molecule has 0 aliphatic carbocycles. The van der Waals surface area contributed by atoms with Crippen LogP contribution in [0, 0.1) is 0 Å². The number of thioether (sulfide) groups is 1. The predicted molar refractivity (Wildman–Crippen MR) is 97.1 cm³/mol. The maximum Gasteiger partial charge on any atom is 0.240 e. The first kappa shape index (κ1) is 17.7. The molecule has 1 aliphatic heterocycles. The maximum absolute atomic E-state index is 12.2. The number of carboxylic acids is 1. The molecule has 2 aromatic carbocycles. The summed E-state index contributed by atoms with van der Waals surface area (Å²) in [4.78, 5) is 39.4. The Morgan fingerprint density at radius 2 is 1.92 bits per heavy atom. The highest BCUT2D eigenvalue weighted by Gasteiger charge is 2.32. The molecular formula is C18H14N3O4S-. The molecule has 2 N–H and O–H groups in total. The zero-order valence-corrected chi connectivity index (χ0v) is 14.3. The van der Waals surface area contributed by atoms with Crippen LogP contribution in [0.2, 0.25) is 0 Å². The summed E-state index contributed by atoms with van der Waals surface area (Å²) in [5.41, 5.74) is 1.01. The fraction of sp³-hybridized carbons (Fsp3) is 0.111. The van der Waals surface area contributed by atoms with Gasteiger partial charge < -0.3 is 20.5 Å². The van der Waals surface area contributed by atoms with Crippen LogP contribution in [0.1, 0.15) is 16.8 Å². The smallest absolute Gasteiger partial charge is 0.240 e. The zero-order valence-electron chi connectivity index (χ0n) is 13.5. The molecule has 1 heterocycles. The van der Waals surface area contributed by atoms with E-state index in [1.165, 1.54) is 30.0 Å². The summed E-state index contributed by atoms with van der Waals surface area (Å²) in [5, 5.41) is 15.9. The molecular weight excluding hydrogens is 354 g/mol. The standard InChI is InChI=1S/C18H15N3O4S/c22-15(19-13-8-4-5-11(9-13)17(24)25)10-14-16(23)21-18(26-14)20-12-6-2-1-3-7-12/h1-9,14H,10H2,(H,19,22)(H,24,25)(H,20,21,23)/p-1/t14-/m1/s1. The van der Waals surface area contributed by atoms with Crippen molar-refractivity contribution in [1.29, 1.82) is 0 Å². The van der Waals surface area contributed by atoms with Gasteiger partial charge in [-0.25, -0.2) is 4.99 Å². The lowest BCUT2D eigenvalue weighted by Crippen LogP contribution is -2.28. The van der Waals surface area contributed by atoms with Crippen LogP contribution in [-0.2, 0) is 9.59 Å². The van der Waals surface area contributed by atoms with Crippen LogP contribution >= 0.6 is 11.8 Å². The molecule has 1 saturated heterocycles. The van der Waals surface area contributed by atoms with Gasteiger partial charge in [-0.2, -0.15) is 0 Å². The van der Waals surface area contributed by atoms with E-state index in [0.717, 1.165) is 0 Å². The second-order valence-corrected chi connectivity index (χ2v) is 6.66. The lowest BCUT2D eigenvalue weighted by atomic mass is 10.2. The van der Waals surface area contributed by atoms with Gasteiger partial charge in [0, 0.05) is 12.1 Å². The van der Waals surface area contributed by atoms with E-state index < -0.39 is 17.1 Å². The van der Waals surface area contributed by atoms with Crippen LogP contribution in [0.15, 0.2) is 59.6 Å². The number of amidine groups is 1. The third-order valence-electron chi connectivity index (χ3n) is 3.52. The van der Waals surface area contributed by atoms with Gasteiger partial charge >= 0.3 is 0 Å². The van der Waals surface area contributed by atoms with Crippen LogP contribution in [0.25, 0.3) is 0 Å². The number of carbonyl (C=O) groups is 3. The molecule has 0 saturated carbocycles. The van der Waals surface area contributed by atoms with E-state index >= 15 is 0 Å². The Balaban J connectivity index is 1.61. The Morgan fingerprint density at radius 1 is 1.15 bits per heavy atom. The van der Waals surface area contributed by atoms with Crippen molar-refractivity contribution in [1.82, 2.24) is 5.32 Å². The molecule has 132 valence electrons. The van der Waals surface area contributed by atoms with E-state index in [2.05, 4.69) is 15.6 Å². The van der Waals surface area contributed by atoms with Crippen molar-refractivity contribution in [2.45, 2.75) is 11.7 Å². The van der Waals surface area contributed by atoms with Gasteiger partial charge in [-0.05, 0) is 29.8 Å². The Labute approximate surface area is 153 Å². The highest BCUT2D eigenvalue weighted by Crippen LogP contribution is 2.25. The first-order valence-corrected chi connectivity index (χ1v) is 8.62. The van der Waals surface area contributed by atoms with E-state index in [-0.39, 0.29) is 17.9 Å². The van der Waals surface area contributed by atoms with Gasteiger partial charge in [0.05, 0.1) is 11.7 Å². The molecule has 8 heteroatoms. The molecule has 1 atom stereocenters. The second-order valence-electron chi connectivity index (χ2n) is 5.47. The van der Waals surface area contributed by atoms with Gasteiger partial charge in [-0.3, -0.25) is 9.59 Å². The number of rotatable bonds is 5. The molecule has 0 bridgehead atoms. The van der Waals surface area contributed by atoms with Gasteiger partial charge in [-0.1, -0.05) is 42.1 Å². The number of para-hydroxylation sites is 1. The first-order valence-electron chi connectivity index (χ1n) is 7.74. The average molecular weight is 368 g/mol.